The van der Waals surface area contributed by atoms with Crippen LogP contribution in [-0.4, -0.2) is 23.5 Å². The molecule has 3 N–H and O–H groups in total. The highest BCUT2D eigenvalue weighted by molar-refractivity contribution is 5.95. The number of carboxylic acid groups (broad SMARTS) is 1. The maximum atomic E-state index is 13.2. The van der Waals surface area contributed by atoms with Gasteiger partial charge in [-0.05, 0) is 53.8 Å². The van der Waals surface area contributed by atoms with Crippen LogP contribution >= 0.6 is 0 Å². The van der Waals surface area contributed by atoms with Gasteiger partial charge in [0.2, 0.25) is 0 Å². The summed E-state index contributed by atoms with van der Waals surface area (Å²) >= 11 is 0. The number of allylic oxidation sites excluding steroid dienone is 2. The Morgan fingerprint density at radius 2 is 1.97 bits per heavy atom. The number of hydrogen-bond acceptors (Lipinski definition) is 3. The molecule has 2 aliphatic rings. The smallest absolute Gasteiger partial charge is 0.416 e. The van der Waals surface area contributed by atoms with Crippen molar-refractivity contribution >= 4 is 17.6 Å². The van der Waals surface area contributed by atoms with Crippen LogP contribution in [0.1, 0.15) is 51.8 Å². The van der Waals surface area contributed by atoms with Crippen LogP contribution in [0, 0.1) is 5.92 Å². The number of fused-ring (bicyclic) bond motifs is 3. The van der Waals surface area contributed by atoms with Gasteiger partial charge >= 0.3 is 12.1 Å². The van der Waals surface area contributed by atoms with Crippen LogP contribution in [0.25, 0.3) is 0 Å². The van der Waals surface area contributed by atoms with E-state index >= 15 is 0 Å². The van der Waals surface area contributed by atoms with Crippen LogP contribution in [0.5, 0.6) is 0 Å². The highest BCUT2D eigenvalue weighted by Crippen LogP contribution is 2.50. The second-order valence-electron chi connectivity index (χ2n) is 7.80. The Morgan fingerprint density at radius 1 is 1.16 bits per heavy atom. The van der Waals surface area contributed by atoms with E-state index in [2.05, 4.69) is 10.6 Å². The summed E-state index contributed by atoms with van der Waals surface area (Å²) in [4.78, 5) is 23.0. The molecule has 0 fully saturated rings. The number of carbonyl (C=O) groups is 2. The summed E-state index contributed by atoms with van der Waals surface area (Å²) in [6.45, 7) is 0.0348. The van der Waals surface area contributed by atoms with Gasteiger partial charge in [0.1, 0.15) is 0 Å². The van der Waals surface area contributed by atoms with E-state index in [0.29, 0.717) is 17.5 Å². The highest BCUT2D eigenvalue weighted by Gasteiger charge is 2.39. The molecule has 3 atom stereocenters. The summed E-state index contributed by atoms with van der Waals surface area (Å²) in [7, 11) is 0. The number of aliphatic carboxylic acids is 1. The predicted octanol–water partition coefficient (Wildman–Crippen LogP) is 4.74. The fourth-order valence-corrected chi connectivity index (χ4v) is 4.36. The van der Waals surface area contributed by atoms with E-state index in [-0.39, 0.29) is 36.8 Å². The standard InChI is InChI=1S/C23H21F3N2O3/c24-23(25,26)15-4-1-3-13(11-15)21-17-6-2-5-16(17)18-12-14(7-8-19(18)28-21)22(31)27-10-9-20(29)30/h1-5,7-8,11-12,16-17,21,28H,6,9-10H2,(H,27,31)(H,29,30)/t16-,17-,21-/m1/s1. The van der Waals surface area contributed by atoms with Crippen LogP contribution in [0.2, 0.25) is 0 Å². The molecule has 4 rings (SSSR count). The minimum Gasteiger partial charge on any atom is -0.481 e. The second-order valence-corrected chi connectivity index (χ2v) is 7.80. The van der Waals surface area contributed by atoms with Gasteiger partial charge in [-0.1, -0.05) is 24.3 Å². The molecule has 0 unspecified atom stereocenters. The Kier molecular flexibility index (Phi) is 5.47. The number of amides is 1. The van der Waals surface area contributed by atoms with E-state index in [1.54, 1.807) is 24.3 Å². The number of halogens is 3. The maximum Gasteiger partial charge on any atom is 0.416 e. The third-order valence-electron chi connectivity index (χ3n) is 5.82. The van der Waals surface area contributed by atoms with Crippen molar-refractivity contribution < 1.29 is 27.9 Å². The Labute approximate surface area is 177 Å². The zero-order chi connectivity index (χ0) is 22.2. The van der Waals surface area contributed by atoms with Crippen molar-refractivity contribution in [1.82, 2.24) is 5.32 Å². The molecule has 2 aromatic carbocycles. The SMILES string of the molecule is O=C(O)CCNC(=O)c1ccc2c(c1)[C@@H]1C=CC[C@H]1[C@@H](c1cccc(C(F)(F)F)c1)N2. The monoisotopic (exact) mass is 430 g/mol. The Morgan fingerprint density at radius 3 is 2.71 bits per heavy atom. The fraction of sp³-hybridized carbons (Fsp3) is 0.304. The predicted molar refractivity (Wildman–Crippen MR) is 109 cm³/mol. The molecule has 0 saturated carbocycles. The fourth-order valence-electron chi connectivity index (χ4n) is 4.36. The van der Waals surface area contributed by atoms with Crippen LogP contribution in [0.3, 0.4) is 0 Å². The lowest BCUT2D eigenvalue weighted by molar-refractivity contribution is -0.138. The quantitative estimate of drug-likeness (QED) is 0.599. The molecule has 0 aromatic heterocycles. The highest BCUT2D eigenvalue weighted by atomic mass is 19.4. The molecule has 5 nitrogen and oxygen atoms in total. The average Bonchev–Trinajstić information content (AvgIpc) is 3.22. The van der Waals surface area contributed by atoms with Gasteiger partial charge in [0.05, 0.1) is 18.0 Å². The van der Waals surface area contributed by atoms with Crippen LogP contribution in [0.4, 0.5) is 18.9 Å². The lowest BCUT2D eigenvalue weighted by atomic mass is 9.76. The lowest BCUT2D eigenvalue weighted by Gasteiger charge is -2.38. The van der Waals surface area contributed by atoms with Crippen molar-refractivity contribution in [2.45, 2.75) is 31.0 Å². The molecule has 0 saturated heterocycles. The van der Waals surface area contributed by atoms with Crippen LogP contribution in [-0.2, 0) is 11.0 Å². The van der Waals surface area contributed by atoms with Gasteiger partial charge < -0.3 is 15.7 Å². The molecule has 162 valence electrons. The largest absolute Gasteiger partial charge is 0.481 e. The summed E-state index contributed by atoms with van der Waals surface area (Å²) in [5.74, 6) is -1.35. The van der Waals surface area contributed by atoms with Gasteiger partial charge in [0.25, 0.3) is 5.91 Å². The Hall–Kier alpha value is -3.29. The Balaban J connectivity index is 1.61. The number of carbonyl (C=O) groups excluding carboxylic acids is 1. The van der Waals surface area contributed by atoms with E-state index in [1.165, 1.54) is 12.1 Å². The number of alkyl halides is 3. The topological polar surface area (TPSA) is 78.4 Å². The summed E-state index contributed by atoms with van der Waals surface area (Å²) in [5.41, 5.74) is 2.01. The maximum absolute atomic E-state index is 13.2. The molecule has 1 heterocycles. The Bertz CT molecular complexity index is 1050. The number of anilines is 1. The molecular weight excluding hydrogens is 409 g/mol. The van der Waals surface area contributed by atoms with Crippen molar-refractivity contribution in [3.8, 4) is 0 Å². The molecule has 2 aromatic rings. The molecule has 0 radical (unpaired) electrons. The molecule has 0 spiro atoms. The normalized spacial score (nSPS) is 21.7. The van der Waals surface area contributed by atoms with Gasteiger partial charge in [-0.3, -0.25) is 9.59 Å². The second kappa shape index (κ2) is 8.09. The average molecular weight is 430 g/mol. The molecular formula is C23H21F3N2O3. The van der Waals surface area contributed by atoms with Crippen molar-refractivity contribution in [2.24, 2.45) is 5.92 Å². The van der Waals surface area contributed by atoms with E-state index < -0.39 is 17.7 Å². The number of hydrogen-bond donors (Lipinski definition) is 3. The minimum atomic E-state index is -4.40. The molecule has 1 amide bonds. The third-order valence-corrected chi connectivity index (χ3v) is 5.82. The summed E-state index contributed by atoms with van der Waals surface area (Å²) in [6.07, 6.45) is 0.208. The van der Waals surface area contributed by atoms with Crippen LogP contribution < -0.4 is 10.6 Å². The van der Waals surface area contributed by atoms with Gasteiger partial charge in [0.15, 0.2) is 0 Å². The van der Waals surface area contributed by atoms with Crippen LogP contribution in [0.15, 0.2) is 54.6 Å². The van der Waals surface area contributed by atoms with E-state index in [1.807, 2.05) is 12.2 Å². The van der Waals surface area contributed by atoms with E-state index in [0.717, 1.165) is 17.3 Å². The van der Waals surface area contributed by atoms with Crippen molar-refractivity contribution in [3.05, 3.63) is 76.9 Å². The van der Waals surface area contributed by atoms with E-state index in [4.69, 9.17) is 5.11 Å². The van der Waals surface area contributed by atoms with Gasteiger partial charge in [-0.15, -0.1) is 0 Å². The van der Waals surface area contributed by atoms with Crippen molar-refractivity contribution in [2.75, 3.05) is 11.9 Å². The molecule has 8 heteroatoms. The van der Waals surface area contributed by atoms with Gasteiger partial charge in [-0.2, -0.15) is 13.2 Å². The summed E-state index contributed by atoms with van der Waals surface area (Å²) < 4.78 is 39.6. The number of nitrogens with one attached hydrogen (secondary N) is 2. The van der Waals surface area contributed by atoms with E-state index in [9.17, 15) is 22.8 Å². The minimum absolute atomic E-state index is 0.0254. The first-order valence-corrected chi connectivity index (χ1v) is 9.98. The zero-order valence-electron chi connectivity index (χ0n) is 16.4. The lowest BCUT2D eigenvalue weighted by Crippen LogP contribution is -2.30. The van der Waals surface area contributed by atoms with Gasteiger partial charge in [-0.25, -0.2) is 0 Å². The number of carboxylic acids is 1. The summed E-state index contributed by atoms with van der Waals surface area (Å²) in [6, 6.07) is 10.3. The number of benzene rings is 2. The first-order valence-electron chi connectivity index (χ1n) is 9.98. The first kappa shape index (κ1) is 21.0. The molecule has 1 aliphatic carbocycles. The number of rotatable bonds is 5. The molecule has 1 aliphatic heterocycles. The zero-order valence-corrected chi connectivity index (χ0v) is 16.4. The van der Waals surface area contributed by atoms with Gasteiger partial charge in [0, 0.05) is 23.7 Å². The van der Waals surface area contributed by atoms with Crippen molar-refractivity contribution in [1.29, 1.82) is 0 Å². The molecule has 31 heavy (non-hydrogen) atoms. The van der Waals surface area contributed by atoms with Crippen molar-refractivity contribution in [3.63, 3.8) is 0 Å². The first-order chi connectivity index (χ1) is 14.7. The third kappa shape index (κ3) is 4.28. The summed E-state index contributed by atoms with van der Waals surface area (Å²) in [5, 5.41) is 14.7. The molecule has 0 bridgehead atoms.